The van der Waals surface area contributed by atoms with E-state index >= 15 is 0 Å². The monoisotopic (exact) mass is 331 g/mol. The molecule has 0 unspecified atom stereocenters. The zero-order valence-corrected chi connectivity index (χ0v) is 13.7. The summed E-state index contributed by atoms with van der Waals surface area (Å²) in [5, 5.41) is 3.47. The van der Waals surface area contributed by atoms with Crippen molar-refractivity contribution < 1.29 is 9.59 Å². The van der Waals surface area contributed by atoms with Crippen LogP contribution in [0.2, 0.25) is 0 Å². The van der Waals surface area contributed by atoms with Crippen LogP contribution in [0.4, 0.5) is 9.93 Å². The normalized spacial score (nSPS) is 17.5. The Kier molecular flexibility index (Phi) is 4.24. The number of rotatable bonds is 5. The van der Waals surface area contributed by atoms with Crippen molar-refractivity contribution in [3.05, 3.63) is 41.7 Å². The summed E-state index contributed by atoms with van der Waals surface area (Å²) in [4.78, 5) is 31.8. The smallest absolute Gasteiger partial charge is 0.325 e. The zero-order chi connectivity index (χ0) is 16.4. The molecule has 1 fully saturated rings. The summed E-state index contributed by atoms with van der Waals surface area (Å²) >= 11 is 1.24. The number of hydrogen-bond donors (Lipinski definition) is 1. The van der Waals surface area contributed by atoms with Crippen molar-refractivity contribution in [3.63, 3.8) is 0 Å². The molecule has 23 heavy (non-hydrogen) atoms. The first-order valence-electron chi connectivity index (χ1n) is 7.20. The standard InChI is InChI=1S/C15H17N5O2S/c1-19(2)15-17-12(18-23-15)9-20-13(21)11(16-14(20)22)8-10-6-4-3-5-7-10/h3-7,11H,8-9H2,1-2H3,(H,16,22)/t11-/m0/s1. The third-order valence-electron chi connectivity index (χ3n) is 3.53. The van der Waals surface area contributed by atoms with Crippen molar-refractivity contribution >= 4 is 28.6 Å². The second kappa shape index (κ2) is 6.33. The number of anilines is 1. The molecule has 7 nitrogen and oxygen atoms in total. The van der Waals surface area contributed by atoms with Crippen LogP contribution in [0.1, 0.15) is 11.4 Å². The molecule has 1 saturated heterocycles. The van der Waals surface area contributed by atoms with Gasteiger partial charge in [0.1, 0.15) is 6.04 Å². The minimum atomic E-state index is -0.531. The highest BCUT2D eigenvalue weighted by molar-refractivity contribution is 7.09. The number of amides is 3. The maximum Gasteiger partial charge on any atom is 0.325 e. The van der Waals surface area contributed by atoms with E-state index < -0.39 is 12.1 Å². The molecule has 0 saturated carbocycles. The molecule has 1 N–H and O–H groups in total. The summed E-state index contributed by atoms with van der Waals surface area (Å²) in [7, 11) is 3.74. The molecular formula is C15H17N5O2S. The van der Waals surface area contributed by atoms with Crippen molar-refractivity contribution in [2.75, 3.05) is 19.0 Å². The average Bonchev–Trinajstić information content (AvgIpc) is 3.10. The Labute approximate surface area is 138 Å². The Bertz CT molecular complexity index is 716. The molecule has 0 bridgehead atoms. The molecule has 2 heterocycles. The van der Waals surface area contributed by atoms with E-state index in [0.717, 1.165) is 10.7 Å². The molecule has 120 valence electrons. The Hall–Kier alpha value is -2.48. The van der Waals surface area contributed by atoms with E-state index in [1.807, 2.05) is 49.3 Å². The van der Waals surface area contributed by atoms with E-state index in [9.17, 15) is 9.59 Å². The van der Waals surface area contributed by atoms with Crippen LogP contribution >= 0.6 is 11.5 Å². The van der Waals surface area contributed by atoms with Crippen LogP contribution in [-0.2, 0) is 17.8 Å². The van der Waals surface area contributed by atoms with Crippen molar-refractivity contribution in [3.8, 4) is 0 Å². The van der Waals surface area contributed by atoms with Crippen molar-refractivity contribution in [2.45, 2.75) is 19.0 Å². The van der Waals surface area contributed by atoms with Gasteiger partial charge in [0.05, 0.1) is 6.54 Å². The zero-order valence-electron chi connectivity index (χ0n) is 12.9. The van der Waals surface area contributed by atoms with Gasteiger partial charge < -0.3 is 10.2 Å². The van der Waals surface area contributed by atoms with E-state index in [4.69, 9.17) is 0 Å². The minimum absolute atomic E-state index is 0.0975. The number of carbonyl (C=O) groups excluding carboxylic acids is 2. The molecule has 0 spiro atoms. The van der Waals surface area contributed by atoms with E-state index in [1.54, 1.807) is 0 Å². The van der Waals surface area contributed by atoms with Gasteiger partial charge in [0, 0.05) is 32.0 Å². The van der Waals surface area contributed by atoms with Gasteiger partial charge in [0.25, 0.3) is 5.91 Å². The first kappa shape index (κ1) is 15.4. The molecule has 8 heteroatoms. The number of nitrogens with zero attached hydrogens (tertiary/aromatic N) is 4. The van der Waals surface area contributed by atoms with E-state index in [1.165, 1.54) is 16.4 Å². The fourth-order valence-corrected chi connectivity index (χ4v) is 2.94. The molecular weight excluding hydrogens is 314 g/mol. The van der Waals surface area contributed by atoms with Crippen LogP contribution < -0.4 is 10.2 Å². The maximum atomic E-state index is 12.4. The number of urea groups is 1. The molecule has 0 aliphatic carbocycles. The van der Waals surface area contributed by atoms with E-state index in [0.29, 0.717) is 12.2 Å². The number of hydrogen-bond acceptors (Lipinski definition) is 6. The molecule has 1 atom stereocenters. The Balaban J connectivity index is 1.68. The molecule has 1 aromatic heterocycles. The quantitative estimate of drug-likeness (QED) is 0.835. The van der Waals surface area contributed by atoms with Gasteiger partial charge in [-0.1, -0.05) is 30.3 Å². The summed E-state index contributed by atoms with van der Waals surface area (Å²) in [6, 6.07) is 8.70. The molecule has 0 radical (unpaired) electrons. The van der Waals surface area contributed by atoms with Gasteiger partial charge in [0.2, 0.25) is 5.13 Å². The summed E-state index contributed by atoms with van der Waals surface area (Å²) in [5.74, 6) is 0.239. The lowest BCUT2D eigenvalue weighted by Gasteiger charge is -2.11. The molecule has 1 aliphatic rings. The van der Waals surface area contributed by atoms with Gasteiger partial charge in [0.15, 0.2) is 5.82 Å². The Morgan fingerprint density at radius 3 is 2.65 bits per heavy atom. The van der Waals surface area contributed by atoms with Crippen LogP contribution in [0, 0.1) is 0 Å². The summed E-state index contributed by atoms with van der Waals surface area (Å²) in [5.41, 5.74) is 1.01. The van der Waals surface area contributed by atoms with Crippen LogP contribution in [0.15, 0.2) is 30.3 Å². The largest absolute Gasteiger partial charge is 0.353 e. The second-order valence-corrected chi connectivity index (χ2v) is 6.23. The Morgan fingerprint density at radius 1 is 1.26 bits per heavy atom. The molecule has 3 amide bonds. The summed E-state index contributed by atoms with van der Waals surface area (Å²) in [6.07, 6.45) is 0.482. The second-order valence-electron chi connectivity index (χ2n) is 5.50. The number of aromatic nitrogens is 2. The fourth-order valence-electron chi connectivity index (χ4n) is 2.35. The number of benzene rings is 1. The highest BCUT2D eigenvalue weighted by Gasteiger charge is 2.38. The SMILES string of the molecule is CN(C)c1nc(CN2C(=O)N[C@@H](Cc3ccccc3)C2=O)ns1. The van der Waals surface area contributed by atoms with Crippen LogP contribution in [0.5, 0.6) is 0 Å². The highest BCUT2D eigenvalue weighted by Crippen LogP contribution is 2.18. The van der Waals surface area contributed by atoms with Crippen molar-refractivity contribution in [2.24, 2.45) is 0 Å². The van der Waals surface area contributed by atoms with Gasteiger partial charge in [-0.2, -0.15) is 4.37 Å². The van der Waals surface area contributed by atoms with Crippen molar-refractivity contribution in [1.82, 2.24) is 19.6 Å². The topological polar surface area (TPSA) is 78.4 Å². The average molecular weight is 331 g/mol. The van der Waals surface area contributed by atoms with Gasteiger partial charge >= 0.3 is 6.03 Å². The lowest BCUT2D eigenvalue weighted by atomic mass is 10.1. The lowest BCUT2D eigenvalue weighted by molar-refractivity contribution is -0.127. The molecule has 1 aromatic carbocycles. The summed E-state index contributed by atoms with van der Waals surface area (Å²) < 4.78 is 4.19. The minimum Gasteiger partial charge on any atom is -0.353 e. The first-order valence-corrected chi connectivity index (χ1v) is 7.97. The van der Waals surface area contributed by atoms with Crippen molar-refractivity contribution in [1.29, 1.82) is 0 Å². The molecule has 3 rings (SSSR count). The maximum absolute atomic E-state index is 12.4. The summed E-state index contributed by atoms with van der Waals surface area (Å²) in [6.45, 7) is 0.0975. The number of carbonyl (C=O) groups is 2. The number of imide groups is 1. The fraction of sp³-hybridized carbons (Fsp3) is 0.333. The molecule has 1 aliphatic heterocycles. The van der Waals surface area contributed by atoms with Gasteiger partial charge in [-0.25, -0.2) is 9.78 Å². The molecule has 2 aromatic rings. The lowest BCUT2D eigenvalue weighted by Crippen LogP contribution is -2.32. The Morgan fingerprint density at radius 2 is 2.00 bits per heavy atom. The van der Waals surface area contributed by atoms with Gasteiger partial charge in [-0.05, 0) is 5.56 Å². The van der Waals surface area contributed by atoms with Crippen LogP contribution in [-0.4, -0.2) is 46.3 Å². The third kappa shape index (κ3) is 3.31. The van der Waals surface area contributed by atoms with Gasteiger partial charge in [-0.15, -0.1) is 0 Å². The van der Waals surface area contributed by atoms with Crippen LogP contribution in [0.25, 0.3) is 0 Å². The third-order valence-corrected chi connectivity index (χ3v) is 4.45. The highest BCUT2D eigenvalue weighted by atomic mass is 32.1. The predicted molar refractivity (Wildman–Crippen MR) is 87.3 cm³/mol. The van der Waals surface area contributed by atoms with E-state index in [-0.39, 0.29) is 12.5 Å². The van der Waals surface area contributed by atoms with Gasteiger partial charge in [-0.3, -0.25) is 9.69 Å². The first-order chi connectivity index (χ1) is 11.0. The van der Waals surface area contributed by atoms with E-state index in [2.05, 4.69) is 14.7 Å². The predicted octanol–water partition coefficient (Wildman–Crippen LogP) is 1.27. The van der Waals surface area contributed by atoms with Crippen LogP contribution in [0.3, 0.4) is 0 Å². The number of nitrogens with one attached hydrogen (secondary N) is 1.